The average molecular weight is 385 g/mol. The number of alkyl halides is 3. The fraction of sp³-hybridized carbons (Fsp3) is 0.235. The third-order valence-electron chi connectivity index (χ3n) is 4.18. The number of hydrogen-bond acceptors (Lipinski definition) is 3. The number of carbonyl (C=O) groups is 1. The lowest BCUT2D eigenvalue weighted by Gasteiger charge is -2.22. The summed E-state index contributed by atoms with van der Waals surface area (Å²) in [5, 5.41) is 9.14. The van der Waals surface area contributed by atoms with Gasteiger partial charge in [0.05, 0.1) is 22.9 Å². The molecule has 0 unspecified atom stereocenters. The normalized spacial score (nSPS) is 19.3. The molecule has 1 heterocycles. The highest BCUT2D eigenvalue weighted by Gasteiger charge is 2.45. The summed E-state index contributed by atoms with van der Waals surface area (Å²) in [6, 6.07) is 9.57. The number of halogens is 3. The highest BCUT2D eigenvalue weighted by atomic mass is 32.2. The molecular weight excluding hydrogens is 371 g/mol. The first-order valence-corrected chi connectivity index (χ1v) is 9.03. The fourth-order valence-electron chi connectivity index (χ4n) is 3.00. The van der Waals surface area contributed by atoms with Crippen molar-refractivity contribution in [3.05, 3.63) is 65.2 Å². The molecule has 1 aliphatic rings. The van der Waals surface area contributed by atoms with E-state index in [9.17, 15) is 26.4 Å². The lowest BCUT2D eigenvalue weighted by molar-refractivity contribution is -0.138. The Hall–Kier alpha value is -2.39. The van der Waals surface area contributed by atoms with E-state index < -0.39 is 40.2 Å². The molecule has 0 spiro atoms. The minimum Gasteiger partial charge on any atom is -0.481 e. The van der Waals surface area contributed by atoms with Gasteiger partial charge < -0.3 is 5.11 Å². The molecule has 0 saturated carbocycles. The molecule has 0 bridgehead atoms. The molecule has 26 heavy (non-hydrogen) atoms. The lowest BCUT2D eigenvalue weighted by Crippen LogP contribution is -2.29. The topological polar surface area (TPSA) is 74.7 Å². The maximum atomic E-state index is 13.0. The minimum absolute atomic E-state index is 0.128. The van der Waals surface area contributed by atoms with Gasteiger partial charge >= 0.3 is 12.1 Å². The Balaban J connectivity index is 2.11. The molecule has 2 aromatic carbocycles. The predicted molar refractivity (Wildman–Crippen MR) is 85.6 cm³/mol. The molecule has 1 N–H and O–H groups in total. The summed E-state index contributed by atoms with van der Waals surface area (Å²) in [5.74, 6) is -1.30. The van der Waals surface area contributed by atoms with Gasteiger partial charge in [0.1, 0.15) is 0 Å². The van der Waals surface area contributed by atoms with Crippen LogP contribution in [0, 0.1) is 0 Å². The smallest absolute Gasteiger partial charge is 0.416 e. The number of carboxylic acid groups (broad SMARTS) is 1. The van der Waals surface area contributed by atoms with E-state index >= 15 is 0 Å². The van der Waals surface area contributed by atoms with Crippen molar-refractivity contribution in [2.24, 2.45) is 0 Å². The molecule has 9 heteroatoms. The summed E-state index contributed by atoms with van der Waals surface area (Å²) in [7, 11) is -4.10. The van der Waals surface area contributed by atoms with Crippen molar-refractivity contribution in [2.75, 3.05) is 0 Å². The van der Waals surface area contributed by atoms with Gasteiger partial charge in [-0.1, -0.05) is 30.3 Å². The first-order valence-electron chi connectivity index (χ1n) is 7.59. The Bertz CT molecular complexity index is 942. The SMILES string of the molecule is O=C(O)C[C@H]1c2cc(C(F)(F)F)ccc2S(=O)(=O)N1Cc1ccccc1. The molecule has 3 rings (SSSR count). The van der Waals surface area contributed by atoms with Crippen LogP contribution in [0.1, 0.15) is 29.2 Å². The quantitative estimate of drug-likeness (QED) is 0.875. The van der Waals surface area contributed by atoms with Gasteiger partial charge in [-0.3, -0.25) is 4.79 Å². The van der Waals surface area contributed by atoms with Gasteiger partial charge in [-0.2, -0.15) is 17.5 Å². The number of rotatable bonds is 4. The van der Waals surface area contributed by atoms with E-state index in [1.807, 2.05) is 0 Å². The summed E-state index contributed by atoms with van der Waals surface area (Å²) >= 11 is 0. The molecule has 5 nitrogen and oxygen atoms in total. The summed E-state index contributed by atoms with van der Waals surface area (Å²) in [5.41, 5.74) is -0.545. The van der Waals surface area contributed by atoms with E-state index in [0.717, 1.165) is 16.4 Å². The fourth-order valence-corrected chi connectivity index (χ4v) is 4.83. The Morgan fingerprint density at radius 1 is 1.12 bits per heavy atom. The van der Waals surface area contributed by atoms with Crippen LogP contribution >= 0.6 is 0 Å². The third-order valence-corrected chi connectivity index (χ3v) is 6.11. The van der Waals surface area contributed by atoms with Gasteiger partial charge in [-0.25, -0.2) is 8.42 Å². The van der Waals surface area contributed by atoms with Crippen molar-refractivity contribution in [1.29, 1.82) is 0 Å². The van der Waals surface area contributed by atoms with E-state index in [0.29, 0.717) is 11.6 Å². The minimum atomic E-state index is -4.65. The third kappa shape index (κ3) is 3.32. The molecule has 0 aliphatic carbocycles. The molecule has 2 aromatic rings. The molecule has 138 valence electrons. The monoisotopic (exact) mass is 385 g/mol. The van der Waals surface area contributed by atoms with Gasteiger partial charge in [-0.15, -0.1) is 0 Å². The molecule has 0 radical (unpaired) electrons. The Kier molecular flexibility index (Phi) is 4.53. The van der Waals surface area contributed by atoms with Crippen molar-refractivity contribution < 1.29 is 31.5 Å². The number of sulfonamides is 1. The number of hydrogen-bond donors (Lipinski definition) is 1. The molecule has 1 atom stereocenters. The zero-order chi connectivity index (χ0) is 19.1. The molecule has 1 aliphatic heterocycles. The van der Waals surface area contributed by atoms with Gasteiger partial charge in [0.15, 0.2) is 0 Å². The van der Waals surface area contributed by atoms with Crippen LogP contribution in [0.4, 0.5) is 13.2 Å². The summed E-state index contributed by atoms with van der Waals surface area (Å²) in [6.07, 6.45) is -5.28. The highest BCUT2D eigenvalue weighted by Crippen LogP contribution is 2.44. The number of benzene rings is 2. The van der Waals surface area contributed by atoms with Crippen LogP contribution in [0.25, 0.3) is 0 Å². The first kappa shape index (κ1) is 18.4. The second kappa shape index (κ2) is 6.40. The van der Waals surface area contributed by atoms with Crippen molar-refractivity contribution in [3.63, 3.8) is 0 Å². The Morgan fingerprint density at radius 3 is 2.35 bits per heavy atom. The summed E-state index contributed by atoms with van der Waals surface area (Å²) < 4.78 is 65.5. The summed E-state index contributed by atoms with van der Waals surface area (Å²) in [4.78, 5) is 10.9. The predicted octanol–water partition coefficient (Wildman–Crippen LogP) is 3.43. The Morgan fingerprint density at radius 2 is 1.77 bits per heavy atom. The molecule has 0 saturated heterocycles. The largest absolute Gasteiger partial charge is 0.481 e. The first-order chi connectivity index (χ1) is 12.1. The van der Waals surface area contributed by atoms with Crippen molar-refractivity contribution in [2.45, 2.75) is 30.1 Å². The number of carboxylic acids is 1. The van der Waals surface area contributed by atoms with E-state index in [1.54, 1.807) is 30.3 Å². The number of aliphatic carboxylic acids is 1. The van der Waals surface area contributed by atoms with Crippen LogP contribution in [-0.4, -0.2) is 23.8 Å². The van der Waals surface area contributed by atoms with Gasteiger partial charge in [0.2, 0.25) is 10.0 Å². The zero-order valence-electron chi connectivity index (χ0n) is 13.3. The second-order valence-electron chi connectivity index (χ2n) is 5.90. The van der Waals surface area contributed by atoms with Crippen molar-refractivity contribution in [3.8, 4) is 0 Å². The van der Waals surface area contributed by atoms with Crippen molar-refractivity contribution in [1.82, 2.24) is 4.31 Å². The van der Waals surface area contributed by atoms with Crippen LogP contribution in [0.5, 0.6) is 0 Å². The number of fused-ring (bicyclic) bond motifs is 1. The lowest BCUT2D eigenvalue weighted by atomic mass is 10.0. The molecule has 0 fully saturated rings. The van der Waals surface area contributed by atoms with Gasteiger partial charge in [-0.05, 0) is 29.3 Å². The molecule has 0 aromatic heterocycles. The molecular formula is C17H14F3NO4S. The zero-order valence-corrected chi connectivity index (χ0v) is 14.1. The highest BCUT2D eigenvalue weighted by molar-refractivity contribution is 7.89. The van der Waals surface area contributed by atoms with E-state index in [4.69, 9.17) is 5.11 Å². The van der Waals surface area contributed by atoms with Gasteiger partial charge in [0.25, 0.3) is 0 Å². The Labute approximate surface area is 147 Å². The van der Waals surface area contributed by atoms with Crippen LogP contribution < -0.4 is 0 Å². The summed E-state index contributed by atoms with van der Waals surface area (Å²) in [6.45, 7) is -0.128. The van der Waals surface area contributed by atoms with Crippen molar-refractivity contribution >= 4 is 16.0 Å². The van der Waals surface area contributed by atoms with Crippen LogP contribution in [-0.2, 0) is 27.5 Å². The van der Waals surface area contributed by atoms with E-state index in [2.05, 4.69) is 0 Å². The average Bonchev–Trinajstić information content (AvgIpc) is 2.76. The maximum Gasteiger partial charge on any atom is 0.416 e. The van der Waals surface area contributed by atoms with Crippen LogP contribution in [0.2, 0.25) is 0 Å². The maximum absolute atomic E-state index is 13.0. The van der Waals surface area contributed by atoms with Crippen LogP contribution in [0.3, 0.4) is 0 Å². The number of nitrogens with zero attached hydrogens (tertiary/aromatic N) is 1. The van der Waals surface area contributed by atoms with E-state index in [1.165, 1.54) is 0 Å². The van der Waals surface area contributed by atoms with Crippen LogP contribution in [0.15, 0.2) is 53.4 Å². The second-order valence-corrected chi connectivity index (χ2v) is 7.76. The van der Waals surface area contributed by atoms with Gasteiger partial charge in [0, 0.05) is 6.54 Å². The molecule has 0 amide bonds. The standard InChI is InChI=1S/C17H14F3NO4S/c18-17(19,20)12-6-7-15-13(8-12)14(9-16(22)23)21(26(15,24)25)10-11-4-2-1-3-5-11/h1-8,14H,9-10H2,(H,22,23)/t14-/m0/s1. The van der Waals surface area contributed by atoms with E-state index in [-0.39, 0.29) is 17.0 Å².